The molecule has 0 unspecified atom stereocenters. The number of esters is 1. The molecule has 0 aliphatic rings. The Hall–Kier alpha value is -3.62. The van der Waals surface area contributed by atoms with Crippen LogP contribution in [-0.2, 0) is 9.53 Å². The Balaban J connectivity index is 2.05. The van der Waals surface area contributed by atoms with Crippen molar-refractivity contribution >= 4 is 23.3 Å². The van der Waals surface area contributed by atoms with E-state index in [-0.39, 0.29) is 11.3 Å². The summed E-state index contributed by atoms with van der Waals surface area (Å²) in [5.41, 5.74) is 0.123. The third-order valence-corrected chi connectivity index (χ3v) is 3.66. The zero-order valence-electron chi connectivity index (χ0n) is 15.0. The minimum absolute atomic E-state index is 0.213. The molecular weight excluding hydrogens is 356 g/mol. The number of nitrogens with one attached hydrogen (secondary N) is 1. The van der Waals surface area contributed by atoms with Gasteiger partial charge in [-0.2, -0.15) is 0 Å². The van der Waals surface area contributed by atoms with Crippen molar-refractivity contribution in [3.8, 4) is 11.5 Å². The molecule has 27 heavy (non-hydrogen) atoms. The number of hydrogen-bond donors (Lipinski definition) is 1. The molecule has 0 spiro atoms. The highest BCUT2D eigenvalue weighted by molar-refractivity contribution is 5.98. The summed E-state index contributed by atoms with van der Waals surface area (Å²) in [6.07, 6.45) is 0. The van der Waals surface area contributed by atoms with Crippen molar-refractivity contribution in [2.45, 2.75) is 6.92 Å². The lowest BCUT2D eigenvalue weighted by molar-refractivity contribution is -0.385. The lowest BCUT2D eigenvalue weighted by Gasteiger charge is -2.12. The number of nitro benzene ring substituents is 1. The second-order valence-corrected chi connectivity index (χ2v) is 5.42. The van der Waals surface area contributed by atoms with Crippen LogP contribution in [-0.4, -0.2) is 37.6 Å². The Kier molecular flexibility index (Phi) is 6.32. The van der Waals surface area contributed by atoms with Crippen molar-refractivity contribution in [2.75, 3.05) is 26.1 Å². The average molecular weight is 374 g/mol. The van der Waals surface area contributed by atoms with Crippen molar-refractivity contribution < 1.29 is 28.7 Å². The minimum atomic E-state index is -0.956. The molecule has 1 amide bonds. The maximum absolute atomic E-state index is 12.1. The quantitative estimate of drug-likeness (QED) is 0.450. The molecule has 0 aliphatic heterocycles. The summed E-state index contributed by atoms with van der Waals surface area (Å²) in [7, 11) is 2.93. The van der Waals surface area contributed by atoms with Crippen LogP contribution in [0.3, 0.4) is 0 Å². The normalized spacial score (nSPS) is 10.0. The number of rotatable bonds is 7. The monoisotopic (exact) mass is 374 g/mol. The van der Waals surface area contributed by atoms with E-state index < -0.39 is 23.4 Å². The van der Waals surface area contributed by atoms with Crippen molar-refractivity contribution in [3.63, 3.8) is 0 Å². The summed E-state index contributed by atoms with van der Waals surface area (Å²) < 4.78 is 15.1. The molecule has 0 bridgehead atoms. The molecule has 1 N–H and O–H groups in total. The van der Waals surface area contributed by atoms with Gasteiger partial charge in [-0.3, -0.25) is 14.9 Å². The van der Waals surface area contributed by atoms with Crippen LogP contribution in [0.4, 0.5) is 11.4 Å². The summed E-state index contributed by atoms with van der Waals surface area (Å²) in [5.74, 6) is -0.671. The van der Waals surface area contributed by atoms with Crippen LogP contribution in [0.5, 0.6) is 11.5 Å². The molecule has 9 nitrogen and oxygen atoms in total. The highest BCUT2D eigenvalue weighted by Crippen LogP contribution is 2.29. The van der Waals surface area contributed by atoms with Crippen LogP contribution in [0.15, 0.2) is 36.4 Å². The van der Waals surface area contributed by atoms with Gasteiger partial charge < -0.3 is 19.5 Å². The molecule has 9 heteroatoms. The summed E-state index contributed by atoms with van der Waals surface area (Å²) in [5, 5.41) is 13.7. The summed E-state index contributed by atoms with van der Waals surface area (Å²) >= 11 is 0. The molecule has 0 fully saturated rings. The van der Waals surface area contributed by atoms with Crippen molar-refractivity contribution in [1.82, 2.24) is 0 Å². The van der Waals surface area contributed by atoms with E-state index in [2.05, 4.69) is 5.32 Å². The van der Waals surface area contributed by atoms with Crippen LogP contribution in [0, 0.1) is 17.0 Å². The molecular formula is C18H18N2O7. The Bertz CT molecular complexity index is 880. The lowest BCUT2D eigenvalue weighted by Crippen LogP contribution is -2.21. The van der Waals surface area contributed by atoms with Gasteiger partial charge in [0.25, 0.3) is 11.6 Å². The molecule has 0 saturated heterocycles. The molecule has 142 valence electrons. The number of nitrogens with zero attached hydrogens (tertiary/aromatic N) is 1. The number of carbonyl (C=O) groups is 2. The van der Waals surface area contributed by atoms with E-state index in [1.54, 1.807) is 18.2 Å². The van der Waals surface area contributed by atoms with Crippen molar-refractivity contribution in [1.29, 1.82) is 0 Å². The highest BCUT2D eigenvalue weighted by Gasteiger charge is 2.24. The number of para-hydroxylation sites is 1. The number of ether oxygens (including phenoxy) is 3. The Labute approximate surface area is 155 Å². The first-order chi connectivity index (χ1) is 12.9. The smallest absolute Gasteiger partial charge is 0.345 e. The van der Waals surface area contributed by atoms with Crippen LogP contribution in [0.25, 0.3) is 0 Å². The van der Waals surface area contributed by atoms with E-state index in [0.717, 1.165) is 0 Å². The first kappa shape index (κ1) is 19.7. The zero-order valence-corrected chi connectivity index (χ0v) is 15.0. The molecule has 2 aromatic rings. The number of nitro groups is 1. The van der Waals surface area contributed by atoms with Crippen LogP contribution in [0.1, 0.15) is 15.9 Å². The van der Waals surface area contributed by atoms with Gasteiger partial charge in [0.2, 0.25) is 0 Å². The standard InChI is InChI=1S/C18H18N2O7/c1-11-5-4-6-13(17(11)20(23)24)18(22)27-10-16(21)19-14-8-7-12(25-2)9-15(14)26-3/h4-9H,10H2,1-3H3,(H,19,21). The van der Waals surface area contributed by atoms with Gasteiger partial charge in [-0.25, -0.2) is 4.79 Å². The Morgan fingerprint density at radius 3 is 2.52 bits per heavy atom. The van der Waals surface area contributed by atoms with Crippen LogP contribution in [0.2, 0.25) is 0 Å². The fraction of sp³-hybridized carbons (Fsp3) is 0.222. The number of carbonyl (C=O) groups excluding carboxylic acids is 2. The zero-order chi connectivity index (χ0) is 20.0. The van der Waals surface area contributed by atoms with Gasteiger partial charge in [0, 0.05) is 11.6 Å². The molecule has 0 aromatic heterocycles. The predicted molar refractivity (Wildman–Crippen MR) is 96.3 cm³/mol. The highest BCUT2D eigenvalue weighted by atomic mass is 16.6. The molecule has 0 heterocycles. The van der Waals surface area contributed by atoms with E-state index in [9.17, 15) is 19.7 Å². The fourth-order valence-electron chi connectivity index (χ4n) is 2.36. The van der Waals surface area contributed by atoms with E-state index in [1.165, 1.54) is 39.3 Å². The number of benzene rings is 2. The maximum Gasteiger partial charge on any atom is 0.345 e. The predicted octanol–water partition coefficient (Wildman–Crippen LogP) is 2.72. The van der Waals surface area contributed by atoms with Gasteiger partial charge in [-0.05, 0) is 25.1 Å². The second kappa shape index (κ2) is 8.65. The second-order valence-electron chi connectivity index (χ2n) is 5.42. The van der Waals surface area contributed by atoms with Crippen molar-refractivity contribution in [3.05, 3.63) is 57.6 Å². The number of hydrogen-bond acceptors (Lipinski definition) is 7. The minimum Gasteiger partial charge on any atom is -0.497 e. The Morgan fingerprint density at radius 2 is 1.89 bits per heavy atom. The van der Waals surface area contributed by atoms with Gasteiger partial charge in [-0.1, -0.05) is 12.1 Å². The first-order valence-electron chi connectivity index (χ1n) is 7.80. The van der Waals surface area contributed by atoms with E-state index >= 15 is 0 Å². The third kappa shape index (κ3) is 4.72. The molecule has 0 atom stereocenters. The SMILES string of the molecule is COc1ccc(NC(=O)COC(=O)c2cccc(C)c2[N+](=O)[O-])c(OC)c1. The molecule has 0 aliphatic carbocycles. The topological polar surface area (TPSA) is 117 Å². The van der Waals surface area contributed by atoms with Gasteiger partial charge in [0.15, 0.2) is 6.61 Å². The van der Waals surface area contributed by atoms with Crippen molar-refractivity contribution in [2.24, 2.45) is 0 Å². The van der Waals surface area contributed by atoms with Gasteiger partial charge in [0.05, 0.1) is 24.8 Å². The van der Waals surface area contributed by atoms with E-state index in [1.807, 2.05) is 0 Å². The largest absolute Gasteiger partial charge is 0.497 e. The summed E-state index contributed by atoms with van der Waals surface area (Å²) in [4.78, 5) is 34.7. The number of anilines is 1. The van der Waals surface area contributed by atoms with Crippen LogP contribution >= 0.6 is 0 Å². The summed E-state index contributed by atoms with van der Waals surface area (Å²) in [6.45, 7) is 0.899. The van der Waals surface area contributed by atoms with E-state index in [4.69, 9.17) is 14.2 Å². The van der Waals surface area contributed by atoms with Gasteiger partial charge >= 0.3 is 5.97 Å². The fourth-order valence-corrected chi connectivity index (χ4v) is 2.36. The maximum atomic E-state index is 12.1. The Morgan fingerprint density at radius 1 is 1.15 bits per heavy atom. The first-order valence-corrected chi connectivity index (χ1v) is 7.80. The average Bonchev–Trinajstić information content (AvgIpc) is 2.65. The number of amides is 1. The molecule has 0 radical (unpaired) electrons. The number of aryl methyl sites for hydroxylation is 1. The molecule has 2 rings (SSSR count). The summed E-state index contributed by atoms with van der Waals surface area (Å²) in [6, 6.07) is 9.07. The van der Waals surface area contributed by atoms with Gasteiger partial charge in [-0.15, -0.1) is 0 Å². The number of methoxy groups -OCH3 is 2. The third-order valence-electron chi connectivity index (χ3n) is 3.66. The van der Waals surface area contributed by atoms with Crippen LogP contribution < -0.4 is 14.8 Å². The van der Waals surface area contributed by atoms with E-state index in [0.29, 0.717) is 22.7 Å². The molecule has 0 saturated carbocycles. The lowest BCUT2D eigenvalue weighted by atomic mass is 10.1. The molecule has 2 aromatic carbocycles. The van der Waals surface area contributed by atoms with Gasteiger partial charge in [0.1, 0.15) is 17.1 Å².